The molecule has 2 N–H and O–H groups in total. The summed E-state index contributed by atoms with van der Waals surface area (Å²) in [4.78, 5) is 6.41. The van der Waals surface area contributed by atoms with E-state index in [1.165, 1.54) is 0 Å². The molecular formula is C16H34N4O2. The fourth-order valence-electron chi connectivity index (χ4n) is 2.37. The second-order valence-electron chi connectivity index (χ2n) is 6.07. The topological polar surface area (TPSA) is 58.1 Å². The average Bonchev–Trinajstić information content (AvgIpc) is 2.53. The van der Waals surface area contributed by atoms with Crippen LogP contribution in [0.5, 0.6) is 0 Å². The van der Waals surface area contributed by atoms with Crippen molar-refractivity contribution >= 4 is 5.96 Å². The third kappa shape index (κ3) is 9.97. The van der Waals surface area contributed by atoms with Gasteiger partial charge in [0.05, 0.1) is 0 Å². The van der Waals surface area contributed by atoms with Crippen LogP contribution >= 0.6 is 0 Å². The molecule has 0 atom stereocenters. The number of nitrogens with zero attached hydrogens (tertiary/aromatic N) is 2. The zero-order chi connectivity index (χ0) is 16.0. The zero-order valence-electron chi connectivity index (χ0n) is 14.6. The highest BCUT2D eigenvalue weighted by Crippen LogP contribution is 2.14. The van der Waals surface area contributed by atoms with Crippen molar-refractivity contribution in [2.24, 2.45) is 10.9 Å². The molecule has 1 aliphatic heterocycles. The van der Waals surface area contributed by atoms with Crippen LogP contribution in [0.3, 0.4) is 0 Å². The number of rotatable bonds is 10. The summed E-state index contributed by atoms with van der Waals surface area (Å²) in [5, 5.41) is 6.65. The Hall–Kier alpha value is -0.850. The van der Waals surface area contributed by atoms with Gasteiger partial charge >= 0.3 is 0 Å². The maximum Gasteiger partial charge on any atom is 0.190 e. The maximum atomic E-state index is 5.75. The van der Waals surface area contributed by atoms with E-state index >= 15 is 0 Å². The van der Waals surface area contributed by atoms with Crippen LogP contribution < -0.4 is 10.6 Å². The summed E-state index contributed by atoms with van der Waals surface area (Å²) >= 11 is 0. The fraction of sp³-hybridized carbons (Fsp3) is 0.938. The highest BCUT2D eigenvalue weighted by molar-refractivity contribution is 5.79. The lowest BCUT2D eigenvalue weighted by Crippen LogP contribution is -2.39. The predicted molar refractivity (Wildman–Crippen MR) is 91.5 cm³/mol. The Balaban J connectivity index is 1.93. The van der Waals surface area contributed by atoms with Crippen LogP contribution in [0.4, 0.5) is 0 Å². The van der Waals surface area contributed by atoms with Gasteiger partial charge in [-0.05, 0) is 52.2 Å². The molecule has 0 aliphatic carbocycles. The summed E-state index contributed by atoms with van der Waals surface area (Å²) in [6.45, 7) is 6.39. The Morgan fingerprint density at radius 1 is 1.18 bits per heavy atom. The minimum atomic E-state index is 0.688. The van der Waals surface area contributed by atoms with E-state index in [9.17, 15) is 0 Å². The first-order valence-corrected chi connectivity index (χ1v) is 8.47. The molecule has 0 radical (unpaired) electrons. The summed E-state index contributed by atoms with van der Waals surface area (Å²) in [6.07, 6.45) is 4.40. The molecule has 6 heteroatoms. The quantitative estimate of drug-likeness (QED) is 0.357. The predicted octanol–water partition coefficient (Wildman–Crippen LogP) is 0.936. The van der Waals surface area contributed by atoms with E-state index in [-0.39, 0.29) is 0 Å². The molecule has 0 aromatic heterocycles. The van der Waals surface area contributed by atoms with Crippen LogP contribution in [0.15, 0.2) is 4.99 Å². The van der Waals surface area contributed by atoms with Crippen LogP contribution in [0, 0.1) is 5.92 Å². The van der Waals surface area contributed by atoms with Gasteiger partial charge in [0.2, 0.25) is 0 Å². The molecular weight excluding hydrogens is 280 g/mol. The molecule has 0 spiro atoms. The van der Waals surface area contributed by atoms with E-state index in [1.54, 1.807) is 0 Å². The number of hydrogen-bond acceptors (Lipinski definition) is 4. The molecule has 6 nitrogen and oxygen atoms in total. The van der Waals surface area contributed by atoms with E-state index in [1.807, 2.05) is 7.05 Å². The largest absolute Gasteiger partial charge is 0.381 e. The van der Waals surface area contributed by atoms with E-state index in [0.29, 0.717) is 5.92 Å². The Bertz CT molecular complexity index is 292. The fourth-order valence-corrected chi connectivity index (χ4v) is 2.37. The summed E-state index contributed by atoms with van der Waals surface area (Å²) < 4.78 is 11.1. The van der Waals surface area contributed by atoms with E-state index in [4.69, 9.17) is 9.47 Å². The molecule has 1 rings (SSSR count). The molecule has 1 fully saturated rings. The summed E-state index contributed by atoms with van der Waals surface area (Å²) in [6, 6.07) is 0. The second-order valence-corrected chi connectivity index (χ2v) is 6.07. The first-order chi connectivity index (χ1) is 10.7. The molecule has 130 valence electrons. The van der Waals surface area contributed by atoms with Gasteiger partial charge in [0.15, 0.2) is 5.96 Å². The Morgan fingerprint density at radius 2 is 1.86 bits per heavy atom. The third-order valence-electron chi connectivity index (χ3n) is 3.75. The SMILES string of the molecule is CN=C(NCCCOCC1CCOCC1)NCCCN(C)C. The van der Waals surface area contributed by atoms with Crippen molar-refractivity contribution in [3.63, 3.8) is 0 Å². The van der Waals surface area contributed by atoms with Gasteiger partial charge in [0.25, 0.3) is 0 Å². The number of nitrogens with one attached hydrogen (secondary N) is 2. The van der Waals surface area contributed by atoms with Gasteiger partial charge in [-0.3, -0.25) is 4.99 Å². The molecule has 1 heterocycles. The Morgan fingerprint density at radius 3 is 2.50 bits per heavy atom. The van der Waals surface area contributed by atoms with Crippen LogP contribution in [-0.4, -0.2) is 78.1 Å². The smallest absolute Gasteiger partial charge is 0.190 e. The minimum Gasteiger partial charge on any atom is -0.381 e. The number of hydrogen-bond donors (Lipinski definition) is 2. The second kappa shape index (κ2) is 12.7. The molecule has 1 saturated heterocycles. The highest BCUT2D eigenvalue weighted by Gasteiger charge is 2.13. The van der Waals surface area contributed by atoms with Gasteiger partial charge < -0.3 is 25.0 Å². The van der Waals surface area contributed by atoms with Gasteiger partial charge in [0, 0.05) is 46.6 Å². The number of ether oxygens (including phenoxy) is 2. The van der Waals surface area contributed by atoms with Gasteiger partial charge in [-0.15, -0.1) is 0 Å². The van der Waals surface area contributed by atoms with Gasteiger partial charge in [-0.25, -0.2) is 0 Å². The molecule has 0 aromatic carbocycles. The van der Waals surface area contributed by atoms with Gasteiger partial charge in [-0.1, -0.05) is 0 Å². The van der Waals surface area contributed by atoms with E-state index in [2.05, 4.69) is 34.6 Å². The molecule has 0 amide bonds. The highest BCUT2D eigenvalue weighted by atomic mass is 16.5. The molecule has 0 unspecified atom stereocenters. The molecule has 22 heavy (non-hydrogen) atoms. The molecule has 0 aromatic rings. The van der Waals surface area contributed by atoms with Crippen LogP contribution in [-0.2, 0) is 9.47 Å². The van der Waals surface area contributed by atoms with Crippen molar-refractivity contribution < 1.29 is 9.47 Å². The van der Waals surface area contributed by atoms with Gasteiger partial charge in [-0.2, -0.15) is 0 Å². The van der Waals surface area contributed by atoms with Crippen molar-refractivity contribution in [1.29, 1.82) is 0 Å². The van der Waals surface area contributed by atoms with Crippen LogP contribution in [0.25, 0.3) is 0 Å². The van der Waals surface area contributed by atoms with Crippen LogP contribution in [0.1, 0.15) is 25.7 Å². The van der Waals surface area contributed by atoms with Crippen molar-refractivity contribution in [1.82, 2.24) is 15.5 Å². The third-order valence-corrected chi connectivity index (χ3v) is 3.75. The molecule has 1 aliphatic rings. The lowest BCUT2D eigenvalue weighted by Gasteiger charge is -2.21. The average molecular weight is 314 g/mol. The van der Waals surface area contributed by atoms with Gasteiger partial charge in [0.1, 0.15) is 0 Å². The molecule has 0 bridgehead atoms. The van der Waals surface area contributed by atoms with Crippen molar-refractivity contribution in [3.8, 4) is 0 Å². The standard InChI is InChI=1S/C16H34N4O2/c1-17-16(18-8-4-10-20(2)3)19-9-5-11-22-14-15-6-12-21-13-7-15/h15H,4-14H2,1-3H3,(H2,17,18,19). The number of aliphatic imine (C=N–C) groups is 1. The van der Waals surface area contributed by atoms with Crippen molar-refractivity contribution in [3.05, 3.63) is 0 Å². The summed E-state index contributed by atoms with van der Waals surface area (Å²) in [5.74, 6) is 1.57. The monoisotopic (exact) mass is 314 g/mol. The summed E-state index contributed by atoms with van der Waals surface area (Å²) in [5.41, 5.74) is 0. The van der Waals surface area contributed by atoms with Crippen molar-refractivity contribution in [2.45, 2.75) is 25.7 Å². The first-order valence-electron chi connectivity index (χ1n) is 8.47. The minimum absolute atomic E-state index is 0.688. The Kier molecular flexibility index (Phi) is 11.1. The zero-order valence-corrected chi connectivity index (χ0v) is 14.6. The number of guanidine groups is 1. The van der Waals surface area contributed by atoms with Crippen molar-refractivity contribution in [2.75, 3.05) is 67.2 Å². The lowest BCUT2D eigenvalue weighted by atomic mass is 10.0. The van der Waals surface area contributed by atoms with E-state index < -0.39 is 0 Å². The lowest BCUT2D eigenvalue weighted by molar-refractivity contribution is 0.0203. The van der Waals surface area contributed by atoms with Crippen LogP contribution in [0.2, 0.25) is 0 Å². The Labute approximate surface area is 135 Å². The molecule has 0 saturated carbocycles. The maximum absolute atomic E-state index is 5.75. The summed E-state index contributed by atoms with van der Waals surface area (Å²) in [7, 11) is 5.99. The normalized spacial score (nSPS) is 17.0. The first kappa shape index (κ1) is 19.2. The van der Waals surface area contributed by atoms with E-state index in [0.717, 1.165) is 77.7 Å².